The highest BCUT2D eigenvalue weighted by molar-refractivity contribution is 5.69. The normalized spacial score (nSPS) is 11.1. The molecule has 3 aromatic rings. The first-order valence-electron chi connectivity index (χ1n) is 13.1. The molecule has 0 bridgehead atoms. The number of methoxy groups -OCH3 is 1. The second kappa shape index (κ2) is 14.1. The van der Waals surface area contributed by atoms with Crippen molar-refractivity contribution in [1.29, 1.82) is 5.41 Å². The minimum Gasteiger partial charge on any atom is -0.489 e. The maximum absolute atomic E-state index is 11.7. The molecule has 2 N–H and O–H groups in total. The second-order valence-corrected chi connectivity index (χ2v) is 10.2. The molecule has 9 nitrogen and oxygen atoms in total. The molecule has 208 valence electrons. The summed E-state index contributed by atoms with van der Waals surface area (Å²) >= 11 is 0. The van der Waals surface area contributed by atoms with Crippen LogP contribution in [0, 0.1) is 5.41 Å². The predicted octanol–water partition coefficient (Wildman–Crippen LogP) is 5.02. The summed E-state index contributed by atoms with van der Waals surface area (Å²) in [5.41, 5.74) is 3.71. The average Bonchev–Trinajstić information content (AvgIpc) is 2.91. The molecule has 0 saturated carbocycles. The van der Waals surface area contributed by atoms with Crippen molar-refractivity contribution in [3.8, 4) is 17.0 Å². The molecule has 1 heterocycles. The monoisotopic (exact) mass is 534 g/mol. The molecule has 0 aliphatic carbocycles. The molecule has 1 aromatic heterocycles. The number of amides is 1. The highest BCUT2D eigenvalue weighted by Crippen LogP contribution is 2.21. The van der Waals surface area contributed by atoms with Gasteiger partial charge in [-0.05, 0) is 87.6 Å². The summed E-state index contributed by atoms with van der Waals surface area (Å²) in [5.74, 6) is 0.480. The first-order valence-corrected chi connectivity index (χ1v) is 13.1. The summed E-state index contributed by atoms with van der Waals surface area (Å²) in [6, 6.07) is 19.5. The molecule has 0 atom stereocenters. The number of nitrogens with one attached hydrogen (secondary N) is 2. The van der Waals surface area contributed by atoms with Crippen LogP contribution < -0.4 is 15.5 Å². The molecule has 39 heavy (non-hydrogen) atoms. The number of benzene rings is 2. The smallest absolute Gasteiger partial charge is 0.407 e. The van der Waals surface area contributed by atoms with E-state index < -0.39 is 5.60 Å². The fourth-order valence-electron chi connectivity index (χ4n) is 3.75. The van der Waals surface area contributed by atoms with Crippen LogP contribution in [0.3, 0.4) is 0 Å². The molecule has 0 aliphatic rings. The van der Waals surface area contributed by atoms with Gasteiger partial charge in [0, 0.05) is 25.1 Å². The van der Waals surface area contributed by atoms with Crippen molar-refractivity contribution in [2.75, 3.05) is 13.7 Å². The highest BCUT2D eigenvalue weighted by Gasteiger charge is 2.15. The number of nitrogens with zero attached hydrogens (tertiary/aromatic N) is 2. The van der Waals surface area contributed by atoms with Crippen LogP contribution >= 0.6 is 0 Å². The van der Waals surface area contributed by atoms with Gasteiger partial charge in [-0.1, -0.05) is 24.3 Å². The van der Waals surface area contributed by atoms with Crippen LogP contribution in [0.4, 0.5) is 4.79 Å². The van der Waals surface area contributed by atoms with E-state index in [1.807, 2.05) is 51.1 Å². The van der Waals surface area contributed by atoms with Crippen LogP contribution in [0.5, 0.6) is 5.75 Å². The molecule has 3 rings (SSSR count). The standard InChI is InChI=1S/C30H38N4O5/c1-30(2,3)39-29(36)32-19-5-7-22-9-11-23(12-10-22)21-38-25-15-13-24(14-16-25)26-17-18-27(31)34(33-26)20-6-8-28(35)37-4/h9-18,31H,5-8,19-21H2,1-4H3,(H,32,36). The lowest BCUT2D eigenvalue weighted by Gasteiger charge is -2.19. The van der Waals surface area contributed by atoms with Gasteiger partial charge in [-0.15, -0.1) is 0 Å². The fraction of sp³-hybridized carbons (Fsp3) is 0.400. The van der Waals surface area contributed by atoms with Gasteiger partial charge >= 0.3 is 12.1 Å². The molecule has 0 saturated heterocycles. The van der Waals surface area contributed by atoms with Gasteiger partial charge in [0.05, 0.1) is 12.8 Å². The van der Waals surface area contributed by atoms with Gasteiger partial charge in [-0.25, -0.2) is 9.48 Å². The molecule has 9 heteroatoms. The van der Waals surface area contributed by atoms with Crippen molar-refractivity contribution >= 4 is 12.1 Å². The molecule has 1 amide bonds. The Kier molecular flexibility index (Phi) is 10.7. The zero-order valence-corrected chi connectivity index (χ0v) is 23.2. The topological polar surface area (TPSA) is 116 Å². The van der Waals surface area contributed by atoms with Gasteiger partial charge in [0.15, 0.2) is 0 Å². The van der Waals surface area contributed by atoms with Crippen molar-refractivity contribution < 1.29 is 23.8 Å². The summed E-state index contributed by atoms with van der Waals surface area (Å²) in [6.07, 6.45) is 2.14. The van der Waals surface area contributed by atoms with Crippen molar-refractivity contribution in [3.05, 3.63) is 77.3 Å². The average molecular weight is 535 g/mol. The van der Waals surface area contributed by atoms with Crippen molar-refractivity contribution in [1.82, 2.24) is 15.1 Å². The SMILES string of the molecule is COC(=O)CCCn1nc(-c2ccc(OCc3ccc(CCCNC(=O)OC(C)(C)C)cc3)cc2)ccc1=N. The van der Waals surface area contributed by atoms with E-state index in [4.69, 9.17) is 14.9 Å². The van der Waals surface area contributed by atoms with E-state index in [2.05, 4.69) is 39.4 Å². The largest absolute Gasteiger partial charge is 0.489 e. The van der Waals surface area contributed by atoms with E-state index in [0.717, 1.165) is 35.4 Å². The fourth-order valence-corrected chi connectivity index (χ4v) is 3.75. The summed E-state index contributed by atoms with van der Waals surface area (Å²) < 4.78 is 17.5. The summed E-state index contributed by atoms with van der Waals surface area (Å²) in [5, 5.41) is 15.4. The number of carbonyl (C=O) groups is 2. The Morgan fingerprint density at radius 1 is 0.949 bits per heavy atom. The summed E-state index contributed by atoms with van der Waals surface area (Å²) in [7, 11) is 1.37. The Morgan fingerprint density at radius 3 is 2.31 bits per heavy atom. The van der Waals surface area contributed by atoms with Crippen molar-refractivity contribution in [2.45, 2.75) is 65.2 Å². The van der Waals surface area contributed by atoms with Crippen molar-refractivity contribution in [3.63, 3.8) is 0 Å². The maximum atomic E-state index is 11.7. The Labute approximate surface area is 229 Å². The Morgan fingerprint density at radius 2 is 1.64 bits per heavy atom. The molecule has 0 unspecified atom stereocenters. The van der Waals surface area contributed by atoms with E-state index in [1.54, 1.807) is 10.7 Å². The first-order chi connectivity index (χ1) is 18.6. The lowest BCUT2D eigenvalue weighted by atomic mass is 10.1. The lowest BCUT2D eigenvalue weighted by molar-refractivity contribution is -0.140. The number of alkyl carbamates (subject to hydrolysis) is 1. The van der Waals surface area contributed by atoms with Gasteiger partial charge in [0.2, 0.25) is 0 Å². The van der Waals surface area contributed by atoms with E-state index in [0.29, 0.717) is 26.1 Å². The molecule has 0 spiro atoms. The van der Waals surface area contributed by atoms with Crippen LogP contribution in [-0.4, -0.2) is 41.1 Å². The van der Waals surface area contributed by atoms with E-state index in [-0.39, 0.29) is 24.0 Å². The third-order valence-electron chi connectivity index (χ3n) is 5.77. The zero-order valence-electron chi connectivity index (χ0n) is 23.2. The number of aromatic nitrogens is 2. The van der Waals surface area contributed by atoms with E-state index in [1.165, 1.54) is 12.7 Å². The Hall–Kier alpha value is -4.14. The van der Waals surface area contributed by atoms with Crippen LogP contribution in [-0.2, 0) is 33.8 Å². The van der Waals surface area contributed by atoms with Crippen LogP contribution in [0.15, 0.2) is 60.7 Å². The number of ether oxygens (including phenoxy) is 3. The number of aryl methyl sites for hydroxylation is 2. The first kappa shape index (κ1) is 29.4. The molecular weight excluding hydrogens is 496 g/mol. The number of esters is 1. The van der Waals surface area contributed by atoms with Crippen LogP contribution in [0.2, 0.25) is 0 Å². The van der Waals surface area contributed by atoms with Gasteiger partial charge in [-0.2, -0.15) is 5.10 Å². The molecule has 0 fully saturated rings. The molecule has 0 aliphatic heterocycles. The molecule has 0 radical (unpaired) electrons. The Balaban J connectivity index is 1.45. The van der Waals surface area contributed by atoms with Gasteiger partial charge in [0.25, 0.3) is 0 Å². The summed E-state index contributed by atoms with van der Waals surface area (Å²) in [4.78, 5) is 23.1. The van der Waals surface area contributed by atoms with E-state index in [9.17, 15) is 9.59 Å². The lowest BCUT2D eigenvalue weighted by Crippen LogP contribution is -2.33. The second-order valence-electron chi connectivity index (χ2n) is 10.2. The van der Waals surface area contributed by atoms with E-state index >= 15 is 0 Å². The van der Waals surface area contributed by atoms with Crippen molar-refractivity contribution in [2.24, 2.45) is 0 Å². The third kappa shape index (κ3) is 10.3. The summed E-state index contributed by atoms with van der Waals surface area (Å²) in [6.45, 7) is 7.01. The van der Waals surface area contributed by atoms with Crippen LogP contribution in [0.1, 0.15) is 51.2 Å². The number of carbonyl (C=O) groups excluding carboxylic acids is 2. The molecular formula is C30H38N4O5. The van der Waals surface area contributed by atoms with Gasteiger partial charge in [0.1, 0.15) is 23.4 Å². The minimum absolute atomic E-state index is 0.269. The number of hydrogen-bond donors (Lipinski definition) is 2. The maximum Gasteiger partial charge on any atom is 0.407 e. The minimum atomic E-state index is -0.492. The zero-order chi connectivity index (χ0) is 28.3. The highest BCUT2D eigenvalue weighted by atomic mass is 16.6. The Bertz CT molecular complexity index is 1280. The number of rotatable bonds is 12. The van der Waals surface area contributed by atoms with Gasteiger partial charge < -0.3 is 19.5 Å². The predicted molar refractivity (Wildman–Crippen MR) is 148 cm³/mol. The third-order valence-corrected chi connectivity index (χ3v) is 5.77. The van der Waals surface area contributed by atoms with Gasteiger partial charge in [-0.3, -0.25) is 10.2 Å². The van der Waals surface area contributed by atoms with Crippen LogP contribution in [0.25, 0.3) is 11.3 Å². The molecule has 2 aromatic carbocycles. The quantitative estimate of drug-likeness (QED) is 0.249. The number of hydrogen-bond acceptors (Lipinski definition) is 7.